The molecule has 23 heavy (non-hydrogen) atoms. The van der Waals surface area contributed by atoms with Crippen molar-refractivity contribution in [1.29, 1.82) is 0 Å². The summed E-state index contributed by atoms with van der Waals surface area (Å²) in [5.74, 6) is 0.381. The van der Waals surface area contributed by atoms with Crippen LogP contribution < -0.4 is 0 Å². The molecule has 0 aromatic heterocycles. The Kier molecular flexibility index (Phi) is 5.76. The molecule has 0 bridgehead atoms. The Bertz CT molecular complexity index is 728. The van der Waals surface area contributed by atoms with E-state index in [4.69, 9.17) is 9.79 Å². The second kappa shape index (κ2) is 7.41. The molecule has 0 aliphatic rings. The van der Waals surface area contributed by atoms with E-state index in [-0.39, 0.29) is 17.4 Å². The lowest BCUT2D eigenvalue weighted by atomic mass is 9.94. The van der Waals surface area contributed by atoms with E-state index in [1.165, 1.54) is 12.1 Å². The summed E-state index contributed by atoms with van der Waals surface area (Å²) < 4.78 is 11.2. The van der Waals surface area contributed by atoms with E-state index in [0.29, 0.717) is 22.7 Å². The molecule has 0 fully saturated rings. The zero-order valence-corrected chi connectivity index (χ0v) is 14.3. The fourth-order valence-corrected chi connectivity index (χ4v) is 4.33. The first kappa shape index (κ1) is 17.9. The van der Waals surface area contributed by atoms with Crippen molar-refractivity contribution >= 4 is 18.2 Å². The van der Waals surface area contributed by atoms with Gasteiger partial charge in [0.15, 0.2) is 0 Å². The third-order valence-corrected chi connectivity index (χ3v) is 5.67. The minimum atomic E-state index is -4.27. The van der Waals surface area contributed by atoms with Crippen molar-refractivity contribution in [3.8, 4) is 11.5 Å². The molecule has 2 aromatic rings. The molecule has 1 atom stereocenters. The Morgan fingerprint density at radius 1 is 1.09 bits per heavy atom. The molecule has 2 rings (SSSR count). The van der Waals surface area contributed by atoms with Gasteiger partial charge in [0.2, 0.25) is 0 Å². The lowest BCUT2D eigenvalue weighted by molar-refractivity contribution is 0.397. The number of benzene rings is 2. The number of phenolic OH excluding ortho intramolecular Hbond substituents is 2. The highest BCUT2D eigenvalue weighted by Gasteiger charge is 2.19. The molecule has 7 heteroatoms. The molecule has 0 heterocycles. The van der Waals surface area contributed by atoms with Crippen molar-refractivity contribution in [3.63, 3.8) is 0 Å². The maximum Gasteiger partial charge on any atom is 0.388 e. The van der Waals surface area contributed by atoms with Gasteiger partial charge in [0, 0.05) is 4.90 Å². The summed E-state index contributed by atoms with van der Waals surface area (Å²) in [4.78, 5) is 18.7. The van der Waals surface area contributed by atoms with Gasteiger partial charge in [0.1, 0.15) is 11.5 Å². The summed E-state index contributed by atoms with van der Waals surface area (Å²) in [6, 6.07) is 11.6. The third kappa shape index (κ3) is 5.59. The summed E-state index contributed by atoms with van der Waals surface area (Å²) in [5.41, 5.74) is 1.79. The van der Waals surface area contributed by atoms with Crippen LogP contribution in [0, 0.1) is 0 Å². The number of aromatic hydroxyl groups is 2. The molecule has 2 aromatic carbocycles. The van der Waals surface area contributed by atoms with E-state index < -0.39 is 6.80 Å². The SMILES string of the molecule is CC(CCc1ccc(O)cc1SP(=O)(O)O)c1cccc(O)c1. The fraction of sp³-hybridized carbons (Fsp3) is 0.250. The lowest BCUT2D eigenvalue weighted by Crippen LogP contribution is -1.97. The van der Waals surface area contributed by atoms with Gasteiger partial charge in [-0.25, -0.2) is 4.57 Å². The number of hydrogen-bond acceptors (Lipinski definition) is 4. The highest BCUT2D eigenvalue weighted by molar-refractivity contribution is 8.54. The number of phenols is 2. The van der Waals surface area contributed by atoms with Crippen LogP contribution >= 0.6 is 18.2 Å². The molecule has 5 nitrogen and oxygen atoms in total. The molecule has 0 spiro atoms. The van der Waals surface area contributed by atoms with Gasteiger partial charge in [0.25, 0.3) is 0 Å². The zero-order chi connectivity index (χ0) is 17.0. The van der Waals surface area contributed by atoms with Gasteiger partial charge in [-0.15, -0.1) is 0 Å². The minimum Gasteiger partial charge on any atom is -0.508 e. The highest BCUT2D eigenvalue weighted by Crippen LogP contribution is 2.55. The van der Waals surface area contributed by atoms with Crippen molar-refractivity contribution in [2.24, 2.45) is 0 Å². The topological polar surface area (TPSA) is 98.0 Å². The fourth-order valence-electron chi connectivity index (χ4n) is 2.33. The molecule has 124 valence electrons. The van der Waals surface area contributed by atoms with Gasteiger partial charge in [-0.2, -0.15) is 0 Å². The molecule has 0 saturated carbocycles. The molecule has 0 radical (unpaired) electrons. The maximum atomic E-state index is 11.2. The second-order valence-corrected chi connectivity index (χ2v) is 8.99. The quantitative estimate of drug-likeness (QED) is 0.585. The standard InChI is InChI=1S/C16H19O5PS/c1-11(13-3-2-4-14(17)9-13)5-6-12-7-8-15(18)10-16(12)23-22(19,20)21/h2-4,7-11,17-18H,5-6H2,1H3,(H2,19,20,21). The van der Waals surface area contributed by atoms with Gasteiger partial charge in [0.05, 0.1) is 0 Å². The number of rotatable bonds is 6. The van der Waals surface area contributed by atoms with E-state index in [2.05, 4.69) is 0 Å². The summed E-state index contributed by atoms with van der Waals surface area (Å²) in [5, 5.41) is 19.1. The highest BCUT2D eigenvalue weighted by atomic mass is 32.7. The Morgan fingerprint density at radius 2 is 1.78 bits per heavy atom. The summed E-state index contributed by atoms with van der Waals surface area (Å²) in [7, 11) is 0. The van der Waals surface area contributed by atoms with Crippen LogP contribution in [0.5, 0.6) is 11.5 Å². The molecule has 0 aliphatic heterocycles. The van der Waals surface area contributed by atoms with Gasteiger partial charge in [-0.05, 0) is 65.5 Å². The Labute approximate surface area is 138 Å². The van der Waals surface area contributed by atoms with E-state index in [9.17, 15) is 14.8 Å². The summed E-state index contributed by atoms with van der Waals surface area (Å²) in [6.07, 6.45) is 1.36. The first-order valence-corrected chi connectivity index (χ1v) is 10.1. The number of aryl methyl sites for hydroxylation is 1. The predicted octanol–water partition coefficient (Wildman–Crippen LogP) is 4.02. The van der Waals surface area contributed by atoms with Crippen LogP contribution in [0.25, 0.3) is 0 Å². The van der Waals surface area contributed by atoms with Crippen LogP contribution in [-0.2, 0) is 11.0 Å². The lowest BCUT2D eigenvalue weighted by Gasteiger charge is -2.14. The van der Waals surface area contributed by atoms with E-state index >= 15 is 0 Å². The normalized spacial score (nSPS) is 13.0. The Balaban J connectivity index is 2.12. The van der Waals surface area contributed by atoms with Crippen molar-refractivity contribution in [1.82, 2.24) is 0 Å². The first-order chi connectivity index (χ1) is 10.7. The largest absolute Gasteiger partial charge is 0.508 e. The van der Waals surface area contributed by atoms with Gasteiger partial charge in [-0.1, -0.05) is 25.1 Å². The first-order valence-electron chi connectivity index (χ1n) is 7.10. The average Bonchev–Trinajstić information content (AvgIpc) is 2.44. The van der Waals surface area contributed by atoms with Crippen LogP contribution in [0.2, 0.25) is 0 Å². The minimum absolute atomic E-state index is 0.0225. The average molecular weight is 354 g/mol. The monoisotopic (exact) mass is 354 g/mol. The molecule has 0 amide bonds. The van der Waals surface area contributed by atoms with Gasteiger partial charge in [-0.3, -0.25) is 0 Å². The van der Waals surface area contributed by atoms with E-state index in [0.717, 1.165) is 17.5 Å². The predicted molar refractivity (Wildman–Crippen MR) is 90.9 cm³/mol. The second-order valence-electron chi connectivity index (χ2n) is 5.41. The summed E-state index contributed by atoms with van der Waals surface area (Å²) in [6.45, 7) is -2.24. The van der Waals surface area contributed by atoms with Crippen LogP contribution in [0.4, 0.5) is 0 Å². The van der Waals surface area contributed by atoms with Crippen LogP contribution in [-0.4, -0.2) is 20.0 Å². The third-order valence-electron chi connectivity index (χ3n) is 3.55. The van der Waals surface area contributed by atoms with E-state index in [1.807, 2.05) is 13.0 Å². The van der Waals surface area contributed by atoms with Crippen molar-refractivity contribution in [2.45, 2.75) is 30.6 Å². The van der Waals surface area contributed by atoms with Crippen molar-refractivity contribution in [2.75, 3.05) is 0 Å². The van der Waals surface area contributed by atoms with E-state index in [1.54, 1.807) is 24.3 Å². The summed E-state index contributed by atoms with van der Waals surface area (Å²) >= 11 is 0.458. The van der Waals surface area contributed by atoms with Crippen LogP contribution in [0.1, 0.15) is 30.4 Å². The molecule has 0 saturated heterocycles. The molecular weight excluding hydrogens is 335 g/mol. The van der Waals surface area contributed by atoms with Crippen molar-refractivity contribution < 1.29 is 24.6 Å². The number of hydrogen-bond donors (Lipinski definition) is 4. The zero-order valence-electron chi connectivity index (χ0n) is 12.6. The Morgan fingerprint density at radius 3 is 2.43 bits per heavy atom. The van der Waals surface area contributed by atoms with Crippen LogP contribution in [0.3, 0.4) is 0 Å². The molecule has 4 N–H and O–H groups in total. The maximum absolute atomic E-state index is 11.2. The van der Waals surface area contributed by atoms with Gasteiger partial charge < -0.3 is 20.0 Å². The van der Waals surface area contributed by atoms with Crippen LogP contribution in [0.15, 0.2) is 47.4 Å². The molecule has 1 unspecified atom stereocenters. The Hall–Kier alpha value is -1.46. The van der Waals surface area contributed by atoms with Gasteiger partial charge >= 0.3 is 6.80 Å². The molecular formula is C16H19O5PS. The van der Waals surface area contributed by atoms with Crippen molar-refractivity contribution in [3.05, 3.63) is 53.6 Å². The molecule has 0 aliphatic carbocycles. The smallest absolute Gasteiger partial charge is 0.388 e.